The smallest absolute Gasteiger partial charge is 0.122 e. The predicted molar refractivity (Wildman–Crippen MR) is 108 cm³/mol. The van der Waals surface area contributed by atoms with Crippen LogP contribution in [0.4, 0.5) is 0 Å². The Balaban J connectivity index is 1.62. The van der Waals surface area contributed by atoms with Gasteiger partial charge in [0.25, 0.3) is 0 Å². The summed E-state index contributed by atoms with van der Waals surface area (Å²) in [7, 11) is 0. The highest BCUT2D eigenvalue weighted by Gasteiger charge is 2.19. The zero-order chi connectivity index (χ0) is 18.1. The quantitative estimate of drug-likeness (QED) is 0.498. The van der Waals surface area contributed by atoms with Crippen LogP contribution in [0.15, 0.2) is 48.5 Å². The summed E-state index contributed by atoms with van der Waals surface area (Å²) in [6.45, 7) is 6.46. The third-order valence-electron chi connectivity index (χ3n) is 4.93. The van der Waals surface area contributed by atoms with Crippen molar-refractivity contribution in [2.24, 2.45) is 0 Å². The Bertz CT molecular complexity index is 622. The summed E-state index contributed by atoms with van der Waals surface area (Å²) in [5.41, 5.74) is 3.62. The van der Waals surface area contributed by atoms with Crippen LogP contribution in [0.2, 0.25) is 0 Å². The fourth-order valence-electron chi connectivity index (χ4n) is 3.39. The molecule has 0 saturated heterocycles. The van der Waals surface area contributed by atoms with Crippen LogP contribution in [0.25, 0.3) is 0 Å². The highest BCUT2D eigenvalue weighted by molar-refractivity contribution is 5.44. The molecule has 2 rings (SSSR count). The van der Waals surface area contributed by atoms with Crippen LogP contribution in [0, 0.1) is 0 Å². The molecule has 0 saturated carbocycles. The standard InChI is InChI=1S/C24H34O/c1-24(2,3)22-19-13-18-21(23(22)25)17-12-7-5-4-6-9-14-20-15-10-8-11-16-20/h8,10-11,13,15-16,18-19,25H,4-7,9,12,14,17H2,1-3H3. The lowest BCUT2D eigenvalue weighted by atomic mass is 9.84. The molecule has 0 unspecified atom stereocenters. The van der Waals surface area contributed by atoms with Crippen LogP contribution in [0.3, 0.4) is 0 Å². The van der Waals surface area contributed by atoms with Crippen molar-refractivity contribution in [3.63, 3.8) is 0 Å². The molecule has 2 aromatic carbocycles. The van der Waals surface area contributed by atoms with Crippen LogP contribution in [-0.4, -0.2) is 5.11 Å². The molecule has 1 nitrogen and oxygen atoms in total. The molecule has 2 aromatic rings. The molecular weight excluding hydrogens is 304 g/mol. The van der Waals surface area contributed by atoms with E-state index in [1.165, 1.54) is 50.5 Å². The molecule has 0 bridgehead atoms. The molecule has 0 aliphatic heterocycles. The van der Waals surface area contributed by atoms with Crippen LogP contribution < -0.4 is 0 Å². The molecule has 0 atom stereocenters. The second-order valence-electron chi connectivity index (χ2n) is 8.17. The van der Waals surface area contributed by atoms with Crippen molar-refractivity contribution in [2.45, 2.75) is 77.6 Å². The Labute approximate surface area is 154 Å². The summed E-state index contributed by atoms with van der Waals surface area (Å²) in [6.07, 6.45) is 9.84. The van der Waals surface area contributed by atoms with E-state index < -0.39 is 0 Å². The van der Waals surface area contributed by atoms with E-state index in [-0.39, 0.29) is 5.41 Å². The highest BCUT2D eigenvalue weighted by atomic mass is 16.3. The van der Waals surface area contributed by atoms with Gasteiger partial charge in [0.15, 0.2) is 0 Å². The van der Waals surface area contributed by atoms with Crippen molar-refractivity contribution >= 4 is 0 Å². The summed E-state index contributed by atoms with van der Waals surface area (Å²) < 4.78 is 0. The van der Waals surface area contributed by atoms with E-state index >= 15 is 0 Å². The maximum Gasteiger partial charge on any atom is 0.122 e. The van der Waals surface area contributed by atoms with Crippen molar-refractivity contribution in [1.29, 1.82) is 0 Å². The van der Waals surface area contributed by atoms with Crippen LogP contribution >= 0.6 is 0 Å². The third kappa shape index (κ3) is 6.57. The molecular formula is C24H34O. The highest BCUT2D eigenvalue weighted by Crippen LogP contribution is 2.33. The maximum atomic E-state index is 10.5. The number of para-hydroxylation sites is 1. The van der Waals surface area contributed by atoms with E-state index in [9.17, 15) is 5.11 Å². The zero-order valence-electron chi connectivity index (χ0n) is 16.2. The first-order valence-electron chi connectivity index (χ1n) is 9.84. The second-order valence-corrected chi connectivity index (χ2v) is 8.17. The lowest BCUT2D eigenvalue weighted by Gasteiger charge is -2.21. The SMILES string of the molecule is CC(C)(C)c1cccc(CCCCCCCCc2ccccc2)c1O. The first kappa shape index (κ1) is 19.6. The molecule has 1 heteroatoms. The van der Waals surface area contributed by atoms with Gasteiger partial charge in [0.05, 0.1) is 0 Å². The van der Waals surface area contributed by atoms with E-state index in [0.717, 1.165) is 17.5 Å². The molecule has 0 aliphatic carbocycles. The lowest BCUT2D eigenvalue weighted by Crippen LogP contribution is -2.11. The molecule has 0 aromatic heterocycles. The van der Waals surface area contributed by atoms with Crippen LogP contribution in [0.1, 0.15) is 76.0 Å². The third-order valence-corrected chi connectivity index (χ3v) is 4.93. The fourth-order valence-corrected chi connectivity index (χ4v) is 3.39. The average molecular weight is 339 g/mol. The van der Waals surface area contributed by atoms with Gasteiger partial charge < -0.3 is 5.11 Å². The van der Waals surface area contributed by atoms with Gasteiger partial charge in [-0.25, -0.2) is 0 Å². The zero-order valence-corrected chi connectivity index (χ0v) is 16.2. The number of hydrogen-bond acceptors (Lipinski definition) is 1. The van der Waals surface area contributed by atoms with Crippen molar-refractivity contribution in [1.82, 2.24) is 0 Å². The molecule has 136 valence electrons. The Hall–Kier alpha value is -1.76. The molecule has 1 N–H and O–H groups in total. The number of aryl methyl sites for hydroxylation is 2. The second kappa shape index (κ2) is 9.65. The largest absolute Gasteiger partial charge is 0.507 e. The van der Waals surface area contributed by atoms with Crippen LogP contribution in [0.5, 0.6) is 5.75 Å². The summed E-state index contributed by atoms with van der Waals surface area (Å²) in [6, 6.07) is 17.0. The Kier molecular flexibility index (Phi) is 7.55. The number of unbranched alkanes of at least 4 members (excludes halogenated alkanes) is 5. The lowest BCUT2D eigenvalue weighted by molar-refractivity contribution is 0.438. The summed E-state index contributed by atoms with van der Waals surface area (Å²) >= 11 is 0. The minimum absolute atomic E-state index is 0.00114. The fraction of sp³-hybridized carbons (Fsp3) is 0.500. The number of phenols is 1. The first-order valence-corrected chi connectivity index (χ1v) is 9.84. The monoisotopic (exact) mass is 338 g/mol. The molecule has 0 heterocycles. The number of phenolic OH excluding ortho intramolecular Hbond substituents is 1. The number of hydrogen-bond donors (Lipinski definition) is 1. The molecule has 0 radical (unpaired) electrons. The first-order chi connectivity index (χ1) is 12.0. The number of aromatic hydroxyl groups is 1. The Morgan fingerprint density at radius 2 is 1.28 bits per heavy atom. The van der Waals surface area contributed by atoms with Crippen molar-refractivity contribution in [3.8, 4) is 5.75 Å². The van der Waals surface area contributed by atoms with Gasteiger partial charge in [-0.15, -0.1) is 0 Å². The van der Waals surface area contributed by atoms with Crippen molar-refractivity contribution in [2.75, 3.05) is 0 Å². The van der Waals surface area contributed by atoms with E-state index in [2.05, 4.69) is 63.2 Å². The molecule has 0 aliphatic rings. The van der Waals surface area contributed by atoms with Gasteiger partial charge in [-0.05, 0) is 47.8 Å². The van der Waals surface area contributed by atoms with E-state index in [0.29, 0.717) is 5.75 Å². The van der Waals surface area contributed by atoms with Gasteiger partial charge in [-0.1, -0.05) is 95.0 Å². The van der Waals surface area contributed by atoms with Gasteiger partial charge in [0.2, 0.25) is 0 Å². The van der Waals surface area contributed by atoms with Crippen LogP contribution in [-0.2, 0) is 18.3 Å². The topological polar surface area (TPSA) is 20.2 Å². The van der Waals surface area contributed by atoms with Gasteiger partial charge in [-0.3, -0.25) is 0 Å². The van der Waals surface area contributed by atoms with Gasteiger partial charge in [0.1, 0.15) is 5.75 Å². The summed E-state index contributed by atoms with van der Waals surface area (Å²) in [5, 5.41) is 10.5. The van der Waals surface area contributed by atoms with Crippen molar-refractivity contribution < 1.29 is 5.11 Å². The van der Waals surface area contributed by atoms with E-state index in [1.807, 2.05) is 6.07 Å². The minimum atomic E-state index is -0.00114. The van der Waals surface area contributed by atoms with Gasteiger partial charge in [-0.2, -0.15) is 0 Å². The Morgan fingerprint density at radius 1 is 0.680 bits per heavy atom. The van der Waals surface area contributed by atoms with Crippen molar-refractivity contribution in [3.05, 3.63) is 65.2 Å². The Morgan fingerprint density at radius 3 is 1.92 bits per heavy atom. The maximum absolute atomic E-state index is 10.5. The summed E-state index contributed by atoms with van der Waals surface area (Å²) in [4.78, 5) is 0. The van der Waals surface area contributed by atoms with Gasteiger partial charge in [0, 0.05) is 0 Å². The number of rotatable bonds is 9. The molecule has 0 fully saturated rings. The van der Waals surface area contributed by atoms with E-state index in [4.69, 9.17) is 0 Å². The average Bonchev–Trinajstić information content (AvgIpc) is 2.58. The summed E-state index contributed by atoms with van der Waals surface area (Å²) in [5.74, 6) is 0.512. The minimum Gasteiger partial charge on any atom is -0.507 e. The molecule has 25 heavy (non-hydrogen) atoms. The van der Waals surface area contributed by atoms with E-state index in [1.54, 1.807) is 0 Å². The molecule has 0 amide bonds. The van der Waals surface area contributed by atoms with Gasteiger partial charge >= 0.3 is 0 Å². The predicted octanol–water partition coefficient (Wildman–Crippen LogP) is 6.82. The number of benzene rings is 2. The molecule has 0 spiro atoms. The normalized spacial score (nSPS) is 11.6.